The third-order valence-electron chi connectivity index (χ3n) is 2.14. The summed E-state index contributed by atoms with van der Waals surface area (Å²) in [5, 5.41) is 6.08. The highest BCUT2D eigenvalue weighted by molar-refractivity contribution is 7.10. The average Bonchev–Trinajstić information content (AvgIpc) is 2.77. The third kappa shape index (κ3) is 6.23. The fourth-order valence-corrected chi connectivity index (χ4v) is 2.19. The van der Waals surface area contributed by atoms with Gasteiger partial charge in [0.25, 0.3) is 0 Å². The van der Waals surface area contributed by atoms with Gasteiger partial charge in [-0.1, -0.05) is 6.07 Å². The van der Waals surface area contributed by atoms with Crippen LogP contribution in [0.15, 0.2) is 17.5 Å². The molecule has 1 aromatic heterocycles. The molecule has 4 nitrogen and oxygen atoms in total. The number of halogens is 3. The van der Waals surface area contributed by atoms with Crippen LogP contribution in [-0.4, -0.2) is 24.5 Å². The Bertz CT molecular complexity index is 432. The molecular formula is C11H13F3N2O2S. The van der Waals surface area contributed by atoms with Crippen LogP contribution < -0.4 is 10.6 Å². The number of amides is 2. The molecule has 1 heterocycles. The zero-order valence-electron chi connectivity index (χ0n) is 10.1. The first kappa shape index (κ1) is 15.5. The van der Waals surface area contributed by atoms with Crippen molar-refractivity contribution < 1.29 is 22.8 Å². The molecule has 106 valence electrons. The summed E-state index contributed by atoms with van der Waals surface area (Å²) in [6.07, 6.45) is -4.67. The smallest absolute Gasteiger partial charge is 0.348 e. The second-order valence-corrected chi connectivity index (χ2v) is 4.84. The minimum atomic E-state index is -4.44. The van der Waals surface area contributed by atoms with Crippen LogP contribution in [0.4, 0.5) is 13.2 Å². The van der Waals surface area contributed by atoms with Crippen LogP contribution in [0.25, 0.3) is 0 Å². The summed E-state index contributed by atoms with van der Waals surface area (Å²) in [6.45, 7) is -0.0860. The van der Waals surface area contributed by atoms with E-state index in [0.29, 0.717) is 0 Å². The van der Waals surface area contributed by atoms with Crippen LogP contribution in [0.3, 0.4) is 0 Å². The van der Waals surface area contributed by atoms with Crippen LogP contribution in [0.1, 0.15) is 24.3 Å². The van der Waals surface area contributed by atoms with Gasteiger partial charge in [0.2, 0.25) is 11.8 Å². The molecule has 2 amide bonds. The normalized spacial score (nSPS) is 12.8. The lowest BCUT2D eigenvalue weighted by molar-refractivity contribution is -0.138. The molecule has 0 aliphatic heterocycles. The molecule has 0 saturated heterocycles. The molecule has 0 aromatic carbocycles. The van der Waals surface area contributed by atoms with Gasteiger partial charge in [0.1, 0.15) is 6.54 Å². The predicted molar refractivity (Wildman–Crippen MR) is 64.6 cm³/mol. The van der Waals surface area contributed by atoms with Crippen molar-refractivity contribution in [1.82, 2.24) is 10.6 Å². The van der Waals surface area contributed by atoms with Crippen LogP contribution in [0, 0.1) is 0 Å². The topological polar surface area (TPSA) is 58.2 Å². The summed E-state index contributed by atoms with van der Waals surface area (Å²) in [7, 11) is 0. The molecule has 1 rings (SSSR count). The molecule has 0 aliphatic rings. The number of thiophene rings is 1. The Morgan fingerprint density at radius 1 is 1.42 bits per heavy atom. The Labute approximate surface area is 112 Å². The molecule has 0 radical (unpaired) electrons. The van der Waals surface area contributed by atoms with Gasteiger partial charge < -0.3 is 10.6 Å². The van der Waals surface area contributed by atoms with Gasteiger partial charge in [-0.15, -0.1) is 11.3 Å². The Hall–Kier alpha value is -1.57. The molecule has 0 aliphatic carbocycles. The summed E-state index contributed by atoms with van der Waals surface area (Å²) in [5.74, 6) is -1.11. The molecule has 19 heavy (non-hydrogen) atoms. The summed E-state index contributed by atoms with van der Waals surface area (Å²) >= 11 is 1.32. The van der Waals surface area contributed by atoms with Crippen LogP contribution in [0.5, 0.6) is 0 Å². The van der Waals surface area contributed by atoms with Gasteiger partial charge in [-0.05, 0) is 11.4 Å². The lowest BCUT2D eigenvalue weighted by Crippen LogP contribution is -2.36. The van der Waals surface area contributed by atoms with E-state index < -0.39 is 24.7 Å². The van der Waals surface area contributed by atoms with Gasteiger partial charge in [0, 0.05) is 11.8 Å². The van der Waals surface area contributed by atoms with Crippen LogP contribution >= 0.6 is 11.3 Å². The van der Waals surface area contributed by atoms with Crippen LogP contribution in [0.2, 0.25) is 0 Å². The molecule has 1 aromatic rings. The van der Waals surface area contributed by atoms with Crippen LogP contribution in [-0.2, 0) is 9.59 Å². The summed E-state index contributed by atoms with van der Waals surface area (Å²) in [4.78, 5) is 23.2. The third-order valence-corrected chi connectivity index (χ3v) is 3.13. The second-order valence-electron chi connectivity index (χ2n) is 3.86. The van der Waals surface area contributed by atoms with E-state index in [1.165, 1.54) is 18.3 Å². The quantitative estimate of drug-likeness (QED) is 0.872. The first-order valence-corrected chi connectivity index (χ1v) is 6.30. The first-order chi connectivity index (χ1) is 8.78. The van der Waals surface area contributed by atoms with Crippen molar-refractivity contribution in [2.45, 2.75) is 25.6 Å². The van der Waals surface area contributed by atoms with Gasteiger partial charge in [0.15, 0.2) is 0 Å². The highest BCUT2D eigenvalue weighted by Gasteiger charge is 2.28. The van der Waals surface area contributed by atoms with E-state index in [0.717, 1.165) is 4.88 Å². The average molecular weight is 294 g/mol. The Morgan fingerprint density at radius 3 is 2.58 bits per heavy atom. The Morgan fingerprint density at radius 2 is 2.11 bits per heavy atom. The van der Waals surface area contributed by atoms with E-state index in [2.05, 4.69) is 5.32 Å². The van der Waals surface area contributed by atoms with E-state index in [1.807, 2.05) is 0 Å². The Kier molecular flexibility index (Phi) is 5.34. The second kappa shape index (κ2) is 6.55. The number of alkyl halides is 3. The zero-order valence-corrected chi connectivity index (χ0v) is 10.9. The van der Waals surface area contributed by atoms with Crippen molar-refractivity contribution in [2.24, 2.45) is 0 Å². The van der Waals surface area contributed by atoms with Gasteiger partial charge >= 0.3 is 6.18 Å². The molecule has 0 bridgehead atoms. The maximum atomic E-state index is 12.0. The number of hydrogen-bond donors (Lipinski definition) is 2. The highest BCUT2D eigenvalue weighted by Crippen LogP contribution is 2.22. The van der Waals surface area contributed by atoms with Crippen molar-refractivity contribution >= 4 is 23.2 Å². The molecule has 2 N–H and O–H groups in total. The maximum Gasteiger partial charge on any atom is 0.405 e. The molecule has 0 spiro atoms. The van der Waals surface area contributed by atoms with Crippen molar-refractivity contribution in [3.63, 3.8) is 0 Å². The zero-order chi connectivity index (χ0) is 14.5. The van der Waals surface area contributed by atoms with E-state index in [-0.39, 0.29) is 12.3 Å². The number of nitrogens with one attached hydrogen (secondary N) is 2. The van der Waals surface area contributed by atoms with Crippen molar-refractivity contribution in [3.8, 4) is 0 Å². The van der Waals surface area contributed by atoms with Crippen molar-refractivity contribution in [3.05, 3.63) is 22.4 Å². The fraction of sp³-hybridized carbons (Fsp3) is 0.455. The van der Waals surface area contributed by atoms with Gasteiger partial charge in [0.05, 0.1) is 12.5 Å². The number of hydrogen-bond acceptors (Lipinski definition) is 3. The summed E-state index contributed by atoms with van der Waals surface area (Å²) < 4.78 is 35.9. The number of carbonyl (C=O) groups excluding carboxylic acids is 2. The summed E-state index contributed by atoms with van der Waals surface area (Å²) in [5.41, 5.74) is 0. The van der Waals surface area contributed by atoms with E-state index >= 15 is 0 Å². The minimum absolute atomic E-state index is 0.226. The van der Waals surface area contributed by atoms with Gasteiger partial charge in [-0.3, -0.25) is 9.59 Å². The number of rotatable bonds is 5. The maximum absolute atomic E-state index is 12.0. The van der Waals surface area contributed by atoms with E-state index in [4.69, 9.17) is 0 Å². The molecule has 8 heteroatoms. The highest BCUT2D eigenvalue weighted by atomic mass is 32.1. The molecule has 1 atom stereocenters. The Balaban J connectivity index is 2.58. The molecule has 0 saturated carbocycles. The lowest BCUT2D eigenvalue weighted by atomic mass is 10.1. The fourth-order valence-electron chi connectivity index (χ4n) is 1.41. The van der Waals surface area contributed by atoms with Gasteiger partial charge in [-0.2, -0.15) is 13.2 Å². The van der Waals surface area contributed by atoms with E-state index in [9.17, 15) is 22.8 Å². The minimum Gasteiger partial charge on any atom is -0.348 e. The van der Waals surface area contributed by atoms with Gasteiger partial charge in [-0.25, -0.2) is 0 Å². The lowest BCUT2D eigenvalue weighted by Gasteiger charge is -2.16. The van der Waals surface area contributed by atoms with E-state index in [1.54, 1.807) is 22.8 Å². The first-order valence-electron chi connectivity index (χ1n) is 5.42. The molecule has 0 fully saturated rings. The van der Waals surface area contributed by atoms with Crippen molar-refractivity contribution in [2.75, 3.05) is 6.54 Å². The summed E-state index contributed by atoms with van der Waals surface area (Å²) in [6, 6.07) is 2.84. The molecule has 1 unspecified atom stereocenters. The monoisotopic (exact) mass is 294 g/mol. The molecular weight excluding hydrogens is 281 g/mol. The van der Waals surface area contributed by atoms with Crippen molar-refractivity contribution in [1.29, 1.82) is 0 Å². The largest absolute Gasteiger partial charge is 0.405 e. The predicted octanol–water partition coefficient (Wildman–Crippen LogP) is 1.99. The SMILES string of the molecule is CC(=O)NC(CC(=O)NCC(F)(F)F)c1cccs1. The standard InChI is InChI=1S/C11H13F3N2O2S/c1-7(17)16-8(9-3-2-4-19-9)5-10(18)15-6-11(12,13)14/h2-4,8H,5-6H2,1H3,(H,15,18)(H,16,17). The number of carbonyl (C=O) groups is 2.